The Bertz CT molecular complexity index is 640. The van der Waals surface area contributed by atoms with Crippen LogP contribution in [-0.4, -0.2) is 21.4 Å². The molecule has 2 rings (SSSR count). The summed E-state index contributed by atoms with van der Waals surface area (Å²) in [6.45, 7) is 2.08. The van der Waals surface area contributed by atoms with E-state index >= 15 is 0 Å². The number of rotatable bonds is 5. The highest BCUT2D eigenvalue weighted by Crippen LogP contribution is 2.25. The van der Waals surface area contributed by atoms with Crippen LogP contribution in [0.25, 0.3) is 10.9 Å². The highest BCUT2D eigenvalue weighted by Gasteiger charge is 2.16. The standard InChI is InChI=1S/C15H17NO3/c1-3-10-5-4-6-11-12(9-16(2)15(10)11)13(17)7-8-14(18)19/h4-6,9H,3,7-8H2,1-2H3,(H,18,19). The van der Waals surface area contributed by atoms with Crippen LogP contribution in [0.15, 0.2) is 24.4 Å². The normalized spacial score (nSPS) is 10.8. The van der Waals surface area contributed by atoms with E-state index in [9.17, 15) is 9.59 Å². The van der Waals surface area contributed by atoms with Crippen molar-refractivity contribution in [1.29, 1.82) is 0 Å². The molecule has 100 valence electrons. The van der Waals surface area contributed by atoms with Gasteiger partial charge >= 0.3 is 5.97 Å². The monoisotopic (exact) mass is 259 g/mol. The van der Waals surface area contributed by atoms with Crippen molar-refractivity contribution in [2.45, 2.75) is 26.2 Å². The Morgan fingerprint density at radius 3 is 2.63 bits per heavy atom. The fourth-order valence-electron chi connectivity index (χ4n) is 2.42. The molecular formula is C15H17NO3. The van der Waals surface area contributed by atoms with E-state index in [0.717, 1.165) is 17.3 Å². The Balaban J connectivity index is 2.45. The van der Waals surface area contributed by atoms with E-state index in [1.165, 1.54) is 5.56 Å². The number of fused-ring (bicyclic) bond motifs is 1. The first-order valence-electron chi connectivity index (χ1n) is 6.36. The van der Waals surface area contributed by atoms with Crippen LogP contribution in [0.3, 0.4) is 0 Å². The van der Waals surface area contributed by atoms with Crippen LogP contribution >= 0.6 is 0 Å². The van der Waals surface area contributed by atoms with Gasteiger partial charge in [-0.1, -0.05) is 25.1 Å². The van der Waals surface area contributed by atoms with E-state index in [1.807, 2.05) is 29.8 Å². The lowest BCUT2D eigenvalue weighted by Crippen LogP contribution is -2.03. The fraction of sp³-hybridized carbons (Fsp3) is 0.333. The molecule has 19 heavy (non-hydrogen) atoms. The summed E-state index contributed by atoms with van der Waals surface area (Å²) >= 11 is 0. The van der Waals surface area contributed by atoms with E-state index in [4.69, 9.17) is 5.11 Å². The molecule has 0 aliphatic carbocycles. The molecule has 0 saturated carbocycles. The van der Waals surface area contributed by atoms with Crippen molar-refractivity contribution in [3.05, 3.63) is 35.5 Å². The van der Waals surface area contributed by atoms with Crippen LogP contribution in [0.4, 0.5) is 0 Å². The lowest BCUT2D eigenvalue weighted by Gasteiger charge is -2.03. The van der Waals surface area contributed by atoms with Gasteiger partial charge in [-0.3, -0.25) is 9.59 Å². The largest absolute Gasteiger partial charge is 0.481 e. The third kappa shape index (κ3) is 2.52. The van der Waals surface area contributed by atoms with E-state index in [0.29, 0.717) is 5.56 Å². The SMILES string of the molecule is CCc1cccc2c(C(=O)CCC(=O)O)cn(C)c12. The third-order valence-electron chi connectivity index (χ3n) is 3.33. The van der Waals surface area contributed by atoms with Crippen molar-refractivity contribution in [3.63, 3.8) is 0 Å². The van der Waals surface area contributed by atoms with Crippen LogP contribution in [0, 0.1) is 0 Å². The molecule has 0 amide bonds. The highest BCUT2D eigenvalue weighted by molar-refractivity contribution is 6.09. The summed E-state index contributed by atoms with van der Waals surface area (Å²) in [5, 5.41) is 9.57. The molecule has 4 heteroatoms. The molecule has 1 aromatic heterocycles. The molecular weight excluding hydrogens is 242 g/mol. The molecule has 0 fully saturated rings. The van der Waals surface area contributed by atoms with Gasteiger partial charge in [0.25, 0.3) is 0 Å². The lowest BCUT2D eigenvalue weighted by atomic mass is 10.0. The van der Waals surface area contributed by atoms with Crippen molar-refractivity contribution in [1.82, 2.24) is 4.57 Å². The van der Waals surface area contributed by atoms with Crippen molar-refractivity contribution in [2.75, 3.05) is 0 Å². The van der Waals surface area contributed by atoms with Crippen molar-refractivity contribution >= 4 is 22.7 Å². The fourth-order valence-corrected chi connectivity index (χ4v) is 2.42. The first-order valence-corrected chi connectivity index (χ1v) is 6.36. The number of carbonyl (C=O) groups is 2. The molecule has 0 saturated heterocycles. The molecule has 0 unspecified atom stereocenters. The first-order chi connectivity index (χ1) is 9.04. The van der Waals surface area contributed by atoms with Gasteiger partial charge in [-0.05, 0) is 12.0 Å². The Hall–Kier alpha value is -2.10. The minimum atomic E-state index is -0.942. The number of nitrogens with zero attached hydrogens (tertiary/aromatic N) is 1. The van der Waals surface area contributed by atoms with Crippen LogP contribution in [0.5, 0.6) is 0 Å². The Labute approximate surface area is 111 Å². The number of carboxylic acids is 1. The predicted molar refractivity (Wildman–Crippen MR) is 73.5 cm³/mol. The maximum Gasteiger partial charge on any atom is 0.303 e. The number of hydrogen-bond donors (Lipinski definition) is 1. The third-order valence-corrected chi connectivity index (χ3v) is 3.33. The highest BCUT2D eigenvalue weighted by atomic mass is 16.4. The van der Waals surface area contributed by atoms with Gasteiger partial charge in [-0.2, -0.15) is 0 Å². The van der Waals surface area contributed by atoms with Gasteiger partial charge in [-0.25, -0.2) is 0 Å². The molecule has 0 spiro atoms. The maximum atomic E-state index is 12.1. The molecule has 0 aliphatic rings. The second-order valence-corrected chi connectivity index (χ2v) is 4.64. The predicted octanol–water partition coefficient (Wildman–Crippen LogP) is 2.79. The zero-order valence-electron chi connectivity index (χ0n) is 11.1. The number of benzene rings is 1. The zero-order chi connectivity index (χ0) is 14.0. The molecule has 1 N–H and O–H groups in total. The molecule has 0 atom stereocenters. The number of aromatic nitrogens is 1. The van der Waals surface area contributed by atoms with E-state index < -0.39 is 5.97 Å². The van der Waals surface area contributed by atoms with Crippen molar-refractivity contribution < 1.29 is 14.7 Å². The van der Waals surface area contributed by atoms with Gasteiger partial charge in [0.05, 0.1) is 11.9 Å². The first kappa shape index (κ1) is 13.3. The molecule has 0 radical (unpaired) electrons. The molecule has 0 aliphatic heterocycles. The summed E-state index contributed by atoms with van der Waals surface area (Å²) in [6.07, 6.45) is 2.62. The summed E-state index contributed by atoms with van der Waals surface area (Å²) in [5.41, 5.74) is 2.87. The quantitative estimate of drug-likeness (QED) is 0.840. The average Bonchev–Trinajstić information content (AvgIpc) is 2.73. The molecule has 1 aromatic carbocycles. The topological polar surface area (TPSA) is 59.3 Å². The zero-order valence-corrected chi connectivity index (χ0v) is 11.1. The van der Waals surface area contributed by atoms with Gasteiger partial charge < -0.3 is 9.67 Å². The lowest BCUT2D eigenvalue weighted by molar-refractivity contribution is -0.136. The average molecular weight is 259 g/mol. The number of carbonyl (C=O) groups excluding carboxylic acids is 1. The second-order valence-electron chi connectivity index (χ2n) is 4.64. The second kappa shape index (κ2) is 5.26. The number of para-hydroxylation sites is 1. The Kier molecular flexibility index (Phi) is 3.69. The summed E-state index contributed by atoms with van der Waals surface area (Å²) < 4.78 is 1.95. The number of Topliss-reactive ketones (excluding diaryl/α,β-unsaturated/α-hetero) is 1. The van der Waals surface area contributed by atoms with Crippen LogP contribution in [0.1, 0.15) is 35.7 Å². The minimum absolute atomic E-state index is 0.0464. The van der Waals surface area contributed by atoms with Crippen LogP contribution in [0.2, 0.25) is 0 Å². The molecule has 0 bridgehead atoms. The maximum absolute atomic E-state index is 12.1. The number of hydrogen-bond acceptors (Lipinski definition) is 2. The van der Waals surface area contributed by atoms with E-state index in [-0.39, 0.29) is 18.6 Å². The van der Waals surface area contributed by atoms with Crippen molar-refractivity contribution in [2.24, 2.45) is 7.05 Å². The number of carboxylic acid groups (broad SMARTS) is 1. The molecule has 1 heterocycles. The van der Waals surface area contributed by atoms with Crippen molar-refractivity contribution in [3.8, 4) is 0 Å². The number of aryl methyl sites for hydroxylation is 2. The van der Waals surface area contributed by atoms with E-state index in [1.54, 1.807) is 6.20 Å². The van der Waals surface area contributed by atoms with Gasteiger partial charge in [0.15, 0.2) is 5.78 Å². The van der Waals surface area contributed by atoms with Gasteiger partial charge in [0, 0.05) is 30.6 Å². The smallest absolute Gasteiger partial charge is 0.303 e. The summed E-state index contributed by atoms with van der Waals surface area (Å²) in [5.74, 6) is -1.05. The van der Waals surface area contributed by atoms with Crippen LogP contribution < -0.4 is 0 Å². The summed E-state index contributed by atoms with van der Waals surface area (Å²) in [6, 6.07) is 5.91. The molecule has 2 aromatic rings. The van der Waals surface area contributed by atoms with E-state index in [2.05, 4.69) is 6.92 Å². The summed E-state index contributed by atoms with van der Waals surface area (Å²) in [4.78, 5) is 22.6. The van der Waals surface area contributed by atoms with Crippen LogP contribution in [-0.2, 0) is 18.3 Å². The van der Waals surface area contributed by atoms with Gasteiger partial charge in [0.1, 0.15) is 0 Å². The Morgan fingerprint density at radius 2 is 2.00 bits per heavy atom. The minimum Gasteiger partial charge on any atom is -0.481 e. The van der Waals surface area contributed by atoms with Gasteiger partial charge in [0.2, 0.25) is 0 Å². The Morgan fingerprint density at radius 1 is 1.26 bits per heavy atom. The number of ketones is 1. The number of aliphatic carboxylic acids is 1. The summed E-state index contributed by atoms with van der Waals surface area (Å²) in [7, 11) is 1.91. The van der Waals surface area contributed by atoms with Gasteiger partial charge in [-0.15, -0.1) is 0 Å². The molecule has 4 nitrogen and oxygen atoms in total.